The zero-order chi connectivity index (χ0) is 22.8. The van der Waals surface area contributed by atoms with Gasteiger partial charge >= 0.3 is 0 Å². The van der Waals surface area contributed by atoms with Gasteiger partial charge in [-0.1, -0.05) is 48.5 Å². The summed E-state index contributed by atoms with van der Waals surface area (Å²) in [5, 5.41) is 15.5. The molecule has 1 N–H and O–H groups in total. The normalized spacial score (nSPS) is 17.7. The molecule has 1 aliphatic heterocycles. The molecule has 7 nitrogen and oxygen atoms in total. The van der Waals surface area contributed by atoms with Gasteiger partial charge in [-0.15, -0.1) is 0 Å². The third kappa shape index (κ3) is 4.08. The van der Waals surface area contributed by atoms with E-state index in [4.69, 9.17) is 16.6 Å². The fourth-order valence-corrected chi connectivity index (χ4v) is 4.47. The predicted molar refractivity (Wildman–Crippen MR) is 128 cm³/mol. The van der Waals surface area contributed by atoms with Gasteiger partial charge in [-0.2, -0.15) is 0 Å². The lowest BCUT2D eigenvalue weighted by molar-refractivity contribution is -0.384. The first-order valence-corrected chi connectivity index (χ1v) is 10.9. The predicted octanol–water partition coefficient (Wildman–Crippen LogP) is 5.42. The number of hydrogen-bond acceptors (Lipinski definition) is 5. The molecule has 0 saturated carbocycles. The lowest BCUT2D eigenvalue weighted by Crippen LogP contribution is -2.29. The van der Waals surface area contributed by atoms with Crippen molar-refractivity contribution in [2.75, 3.05) is 0 Å². The largest absolute Gasteiger partial charge is 0.459 e. The van der Waals surface area contributed by atoms with Crippen molar-refractivity contribution in [1.82, 2.24) is 15.2 Å². The quantitative estimate of drug-likeness (QED) is 0.235. The Morgan fingerprint density at radius 3 is 2.52 bits per heavy atom. The van der Waals surface area contributed by atoms with E-state index in [0.29, 0.717) is 28.7 Å². The molecule has 2 aromatic heterocycles. The number of nitro groups is 1. The molecule has 0 spiro atoms. The molecule has 1 saturated heterocycles. The van der Waals surface area contributed by atoms with Crippen LogP contribution in [0.3, 0.4) is 0 Å². The van der Waals surface area contributed by atoms with Crippen LogP contribution in [-0.2, 0) is 6.54 Å². The maximum absolute atomic E-state index is 11.5. The Morgan fingerprint density at radius 1 is 1.00 bits per heavy atom. The molecule has 33 heavy (non-hydrogen) atoms. The minimum Gasteiger partial charge on any atom is -0.459 e. The second kappa shape index (κ2) is 8.84. The Hall–Kier alpha value is -4.04. The van der Waals surface area contributed by atoms with Gasteiger partial charge in [0.05, 0.1) is 22.2 Å². The standard InChI is InChI=1S/C25H20N4O3S/c30-29(31)20-12-5-4-10-18(20)21-13-14-22(32-21)24-23(19-11-6-7-15-26-19)27-25(33)28(24)16-17-8-2-1-3-9-17/h1-15,23-24H,16H2,(H,27,33)/t23-,24+/m1/s1. The fourth-order valence-electron chi connectivity index (χ4n) is 4.16. The molecule has 1 aliphatic rings. The van der Waals surface area contributed by atoms with Crippen LogP contribution in [0.4, 0.5) is 5.69 Å². The van der Waals surface area contributed by atoms with Crippen LogP contribution in [0.15, 0.2) is 95.5 Å². The summed E-state index contributed by atoms with van der Waals surface area (Å²) in [5.74, 6) is 1.09. The number of nitrogens with zero attached hydrogens (tertiary/aromatic N) is 3. The second-order valence-electron chi connectivity index (χ2n) is 7.72. The monoisotopic (exact) mass is 456 g/mol. The van der Waals surface area contributed by atoms with Gasteiger partial charge in [-0.05, 0) is 48.1 Å². The van der Waals surface area contributed by atoms with E-state index in [0.717, 1.165) is 11.3 Å². The number of pyridine rings is 1. The van der Waals surface area contributed by atoms with Crippen molar-refractivity contribution in [2.45, 2.75) is 18.6 Å². The third-order valence-electron chi connectivity index (χ3n) is 5.68. The number of benzene rings is 2. The van der Waals surface area contributed by atoms with Gasteiger partial charge in [0.15, 0.2) is 5.11 Å². The van der Waals surface area contributed by atoms with E-state index in [9.17, 15) is 10.1 Å². The van der Waals surface area contributed by atoms with Gasteiger partial charge in [-0.3, -0.25) is 15.1 Å². The molecule has 8 heteroatoms. The smallest absolute Gasteiger partial charge is 0.280 e. The van der Waals surface area contributed by atoms with Crippen LogP contribution in [0, 0.1) is 10.1 Å². The highest BCUT2D eigenvalue weighted by molar-refractivity contribution is 7.80. The number of thiocarbonyl (C=S) groups is 1. The summed E-state index contributed by atoms with van der Waals surface area (Å²) < 4.78 is 6.24. The highest BCUT2D eigenvalue weighted by atomic mass is 32.1. The fraction of sp³-hybridized carbons (Fsp3) is 0.120. The lowest BCUT2D eigenvalue weighted by Gasteiger charge is -2.26. The number of hydrogen-bond donors (Lipinski definition) is 1. The maximum atomic E-state index is 11.5. The van der Waals surface area contributed by atoms with Gasteiger partial charge in [0.25, 0.3) is 5.69 Å². The number of para-hydroxylation sites is 1. The highest BCUT2D eigenvalue weighted by Crippen LogP contribution is 2.42. The molecule has 0 unspecified atom stereocenters. The van der Waals surface area contributed by atoms with Crippen molar-refractivity contribution < 1.29 is 9.34 Å². The van der Waals surface area contributed by atoms with E-state index in [-0.39, 0.29) is 17.8 Å². The summed E-state index contributed by atoms with van der Waals surface area (Å²) in [6, 6.07) is 25.5. The molecule has 0 aliphatic carbocycles. The minimum atomic E-state index is -0.401. The number of furan rings is 1. The molecule has 1 fully saturated rings. The first-order chi connectivity index (χ1) is 16.1. The zero-order valence-electron chi connectivity index (χ0n) is 17.5. The summed E-state index contributed by atoms with van der Waals surface area (Å²) in [6.07, 6.45) is 1.75. The van der Waals surface area contributed by atoms with Crippen LogP contribution in [0.1, 0.15) is 29.1 Å². The zero-order valence-corrected chi connectivity index (χ0v) is 18.3. The van der Waals surface area contributed by atoms with Gasteiger partial charge in [0.2, 0.25) is 0 Å². The molecule has 0 radical (unpaired) electrons. The van der Waals surface area contributed by atoms with Gasteiger partial charge in [0.1, 0.15) is 17.6 Å². The van der Waals surface area contributed by atoms with E-state index in [1.54, 1.807) is 30.5 Å². The molecule has 3 heterocycles. The molecule has 2 atom stereocenters. The van der Waals surface area contributed by atoms with E-state index in [1.165, 1.54) is 6.07 Å². The van der Waals surface area contributed by atoms with Crippen LogP contribution in [0.25, 0.3) is 11.3 Å². The first-order valence-electron chi connectivity index (χ1n) is 10.5. The van der Waals surface area contributed by atoms with Gasteiger partial charge < -0.3 is 14.6 Å². The Bertz CT molecular complexity index is 1290. The van der Waals surface area contributed by atoms with Crippen molar-refractivity contribution in [3.63, 3.8) is 0 Å². The molecule has 164 valence electrons. The first kappa shape index (κ1) is 20.8. The Balaban J connectivity index is 1.56. The van der Waals surface area contributed by atoms with E-state index < -0.39 is 4.92 Å². The maximum Gasteiger partial charge on any atom is 0.280 e. The molecule has 0 amide bonds. The average molecular weight is 457 g/mol. The van der Waals surface area contributed by atoms with Crippen LogP contribution in [0.5, 0.6) is 0 Å². The average Bonchev–Trinajstić information content (AvgIpc) is 3.45. The summed E-state index contributed by atoms with van der Waals surface area (Å²) in [4.78, 5) is 17.7. The molecular formula is C25H20N4O3S. The lowest BCUT2D eigenvalue weighted by atomic mass is 10.0. The number of nitrogens with one attached hydrogen (secondary N) is 1. The van der Waals surface area contributed by atoms with Crippen molar-refractivity contribution in [3.8, 4) is 11.3 Å². The van der Waals surface area contributed by atoms with Crippen molar-refractivity contribution in [3.05, 3.63) is 118 Å². The number of rotatable bonds is 6. The second-order valence-corrected chi connectivity index (χ2v) is 8.10. The van der Waals surface area contributed by atoms with Crippen LogP contribution < -0.4 is 5.32 Å². The van der Waals surface area contributed by atoms with Gasteiger partial charge in [-0.25, -0.2) is 0 Å². The summed E-state index contributed by atoms with van der Waals surface area (Å²) in [5.41, 5.74) is 2.38. The van der Waals surface area contributed by atoms with E-state index in [1.807, 2.05) is 42.5 Å². The number of aromatic nitrogens is 1. The van der Waals surface area contributed by atoms with Crippen LogP contribution in [-0.4, -0.2) is 19.9 Å². The molecule has 0 bridgehead atoms. The molecule has 5 rings (SSSR count). The SMILES string of the molecule is O=[N+]([O-])c1ccccc1-c1ccc([C@H]2[C@@H](c3ccccn3)NC(=S)N2Cc2ccccc2)o1. The number of nitro benzene ring substituents is 1. The van der Waals surface area contributed by atoms with Crippen molar-refractivity contribution in [1.29, 1.82) is 0 Å². The summed E-state index contributed by atoms with van der Waals surface area (Å²) >= 11 is 5.71. The molecular weight excluding hydrogens is 436 g/mol. The third-order valence-corrected chi connectivity index (χ3v) is 6.03. The summed E-state index contributed by atoms with van der Waals surface area (Å²) in [7, 11) is 0. The van der Waals surface area contributed by atoms with Crippen LogP contribution in [0.2, 0.25) is 0 Å². The Kier molecular flexibility index (Phi) is 5.58. The van der Waals surface area contributed by atoms with Gasteiger partial charge in [0, 0.05) is 18.8 Å². The van der Waals surface area contributed by atoms with Crippen LogP contribution >= 0.6 is 12.2 Å². The van der Waals surface area contributed by atoms with Crippen molar-refractivity contribution >= 4 is 23.0 Å². The highest BCUT2D eigenvalue weighted by Gasteiger charge is 2.41. The molecule has 4 aromatic rings. The minimum absolute atomic E-state index is 0.000820. The Labute approximate surface area is 195 Å². The topological polar surface area (TPSA) is 84.4 Å². The summed E-state index contributed by atoms with van der Waals surface area (Å²) in [6.45, 7) is 0.586. The Morgan fingerprint density at radius 2 is 1.76 bits per heavy atom. The van der Waals surface area contributed by atoms with E-state index >= 15 is 0 Å². The van der Waals surface area contributed by atoms with Crippen molar-refractivity contribution in [2.24, 2.45) is 0 Å². The van der Waals surface area contributed by atoms with E-state index in [2.05, 4.69) is 27.3 Å². The molecule has 2 aromatic carbocycles.